The third kappa shape index (κ3) is 1.90. The number of nitrogens with zero attached hydrogens (tertiary/aromatic N) is 2. The van der Waals surface area contributed by atoms with Crippen molar-refractivity contribution in [1.82, 2.24) is 4.90 Å². The summed E-state index contributed by atoms with van der Waals surface area (Å²) in [6, 6.07) is 2.19. The van der Waals surface area contributed by atoms with Crippen molar-refractivity contribution in [2.24, 2.45) is 5.92 Å². The van der Waals surface area contributed by atoms with Gasteiger partial charge < -0.3 is 9.64 Å². The lowest BCUT2D eigenvalue weighted by molar-refractivity contribution is 0.114. The number of halogens is 1. The van der Waals surface area contributed by atoms with Gasteiger partial charge in [0.15, 0.2) is 0 Å². The Kier molecular flexibility index (Phi) is 3.15. The second-order valence-electron chi connectivity index (χ2n) is 4.88. The van der Waals surface area contributed by atoms with Crippen LogP contribution in [0.5, 0.6) is 0 Å². The van der Waals surface area contributed by atoms with Gasteiger partial charge in [-0.25, -0.2) is 4.79 Å². The van der Waals surface area contributed by atoms with Crippen LogP contribution in [0.1, 0.15) is 28.8 Å². The highest BCUT2D eigenvalue weighted by Crippen LogP contribution is 2.50. The van der Waals surface area contributed by atoms with Crippen molar-refractivity contribution < 1.29 is 9.53 Å². The lowest BCUT2D eigenvalue weighted by atomic mass is 10.0. The number of fused-ring (bicyclic) bond motifs is 3. The number of likely N-dealkylation sites (tertiary alicyclic amines) is 1. The van der Waals surface area contributed by atoms with E-state index < -0.39 is 0 Å². The van der Waals surface area contributed by atoms with E-state index in [1.807, 2.05) is 6.92 Å². The first kappa shape index (κ1) is 12.8. The van der Waals surface area contributed by atoms with Gasteiger partial charge in [-0.05, 0) is 24.8 Å². The minimum absolute atomic E-state index is 0.235. The third-order valence-electron chi connectivity index (χ3n) is 3.88. The first-order chi connectivity index (χ1) is 9.15. The summed E-state index contributed by atoms with van der Waals surface area (Å²) in [5.41, 5.74) is 1.75. The maximum atomic E-state index is 11.7. The molecule has 6 heteroatoms. The zero-order valence-corrected chi connectivity index (χ0v) is 12.1. The van der Waals surface area contributed by atoms with Gasteiger partial charge in [-0.2, -0.15) is 5.26 Å². The number of hydrogen-bond donors (Lipinski definition) is 0. The minimum Gasteiger partial charge on any atom is -0.450 e. The number of ether oxygens (including phenoxy) is 1. The summed E-state index contributed by atoms with van der Waals surface area (Å²) in [5, 5.41) is 9.13. The average Bonchev–Trinajstić information content (AvgIpc) is 2.98. The molecule has 2 aliphatic rings. The van der Waals surface area contributed by atoms with Crippen molar-refractivity contribution in [3.8, 4) is 6.07 Å². The number of hydrogen-bond acceptors (Lipinski definition) is 4. The molecular formula is C13H13ClN2O2S. The van der Waals surface area contributed by atoms with Gasteiger partial charge in [-0.1, -0.05) is 11.6 Å². The molecule has 0 N–H and O–H groups in total. The molecule has 1 aliphatic heterocycles. The van der Waals surface area contributed by atoms with Gasteiger partial charge in [0.1, 0.15) is 10.4 Å². The van der Waals surface area contributed by atoms with Gasteiger partial charge in [0.05, 0.1) is 12.2 Å². The molecule has 3 rings (SSSR count). The number of carbonyl (C=O) groups is 1. The fourth-order valence-electron chi connectivity index (χ4n) is 3.07. The molecule has 0 radical (unpaired) electrons. The lowest BCUT2D eigenvalue weighted by Crippen LogP contribution is -2.30. The number of carbonyl (C=O) groups excluding carboxylic acids is 1. The molecule has 1 aromatic rings. The van der Waals surface area contributed by atoms with Crippen LogP contribution in [-0.4, -0.2) is 30.7 Å². The SMILES string of the molecule is CCOC(=O)N1CC2Cc3c(sc(Cl)c3C#N)C2C1. The molecule has 100 valence electrons. The van der Waals surface area contributed by atoms with Crippen molar-refractivity contribution in [1.29, 1.82) is 5.26 Å². The van der Waals surface area contributed by atoms with Crippen LogP contribution in [0.25, 0.3) is 0 Å². The van der Waals surface area contributed by atoms with Crippen LogP contribution in [0.15, 0.2) is 0 Å². The maximum absolute atomic E-state index is 11.7. The van der Waals surface area contributed by atoms with Crippen molar-refractivity contribution in [2.45, 2.75) is 19.3 Å². The van der Waals surface area contributed by atoms with Crippen LogP contribution in [0.3, 0.4) is 0 Å². The van der Waals surface area contributed by atoms with Crippen LogP contribution >= 0.6 is 22.9 Å². The summed E-state index contributed by atoms with van der Waals surface area (Å²) < 4.78 is 5.62. The van der Waals surface area contributed by atoms with Crippen molar-refractivity contribution in [2.75, 3.05) is 19.7 Å². The maximum Gasteiger partial charge on any atom is 0.409 e. The predicted molar refractivity (Wildman–Crippen MR) is 72.6 cm³/mol. The zero-order chi connectivity index (χ0) is 13.6. The summed E-state index contributed by atoms with van der Waals surface area (Å²) in [4.78, 5) is 14.7. The second kappa shape index (κ2) is 4.69. The fraction of sp³-hybridized carbons (Fsp3) is 0.538. The molecule has 1 aliphatic carbocycles. The Morgan fingerprint density at radius 2 is 2.42 bits per heavy atom. The van der Waals surface area contributed by atoms with E-state index in [1.165, 1.54) is 16.2 Å². The Morgan fingerprint density at radius 3 is 3.11 bits per heavy atom. The number of amides is 1. The monoisotopic (exact) mass is 296 g/mol. The molecule has 1 amide bonds. The van der Waals surface area contributed by atoms with Gasteiger partial charge in [0, 0.05) is 23.9 Å². The van der Waals surface area contributed by atoms with Crippen molar-refractivity contribution in [3.05, 3.63) is 20.3 Å². The summed E-state index contributed by atoms with van der Waals surface area (Å²) >= 11 is 7.59. The van der Waals surface area contributed by atoms with Gasteiger partial charge >= 0.3 is 6.09 Å². The number of thiophene rings is 1. The predicted octanol–water partition coefficient (Wildman–Crippen LogP) is 3.00. The molecule has 4 nitrogen and oxygen atoms in total. The molecule has 1 fully saturated rings. The highest BCUT2D eigenvalue weighted by Gasteiger charge is 2.44. The Bertz CT molecular complexity index is 578. The average molecular weight is 297 g/mol. The van der Waals surface area contributed by atoms with Crippen LogP contribution in [0, 0.1) is 17.2 Å². The summed E-state index contributed by atoms with van der Waals surface area (Å²) in [6.07, 6.45) is 0.615. The molecule has 0 saturated carbocycles. The molecule has 0 spiro atoms. The van der Waals surface area contributed by atoms with E-state index in [-0.39, 0.29) is 6.09 Å². The second-order valence-corrected chi connectivity index (χ2v) is 6.53. The molecular weight excluding hydrogens is 284 g/mol. The zero-order valence-electron chi connectivity index (χ0n) is 10.5. The highest BCUT2D eigenvalue weighted by atomic mass is 35.5. The summed E-state index contributed by atoms with van der Waals surface area (Å²) in [7, 11) is 0. The number of nitriles is 1. The standard InChI is InChI=1S/C13H13ClN2O2S/c1-2-18-13(17)16-5-7-3-8-9(4-15)12(14)19-11(8)10(7)6-16/h7,10H,2-3,5-6H2,1H3. The Balaban J connectivity index is 1.83. The largest absolute Gasteiger partial charge is 0.450 e. The third-order valence-corrected chi connectivity index (χ3v) is 5.45. The number of rotatable bonds is 1. The minimum atomic E-state index is -0.235. The first-order valence-electron chi connectivity index (χ1n) is 6.28. The van der Waals surface area contributed by atoms with Gasteiger partial charge in [0.2, 0.25) is 0 Å². The van der Waals surface area contributed by atoms with E-state index in [0.717, 1.165) is 12.0 Å². The smallest absolute Gasteiger partial charge is 0.409 e. The van der Waals surface area contributed by atoms with E-state index in [1.54, 1.807) is 4.90 Å². The molecule has 2 heterocycles. The molecule has 2 atom stereocenters. The van der Waals surface area contributed by atoms with E-state index in [2.05, 4.69) is 6.07 Å². The van der Waals surface area contributed by atoms with Gasteiger partial charge in [0.25, 0.3) is 0 Å². The normalized spacial score (nSPS) is 23.9. The van der Waals surface area contributed by atoms with Crippen LogP contribution in [0.2, 0.25) is 4.34 Å². The molecule has 19 heavy (non-hydrogen) atoms. The van der Waals surface area contributed by atoms with Gasteiger partial charge in [-0.15, -0.1) is 11.3 Å². The summed E-state index contributed by atoms with van der Waals surface area (Å²) in [5.74, 6) is 0.735. The quantitative estimate of drug-likeness (QED) is 0.800. The Labute approximate surface area is 120 Å². The van der Waals surface area contributed by atoms with E-state index in [9.17, 15) is 4.79 Å². The highest BCUT2D eigenvalue weighted by molar-refractivity contribution is 7.16. The van der Waals surface area contributed by atoms with Crippen molar-refractivity contribution in [3.63, 3.8) is 0 Å². The fourth-order valence-corrected chi connectivity index (χ4v) is 4.66. The topological polar surface area (TPSA) is 53.3 Å². The molecule has 0 aromatic carbocycles. The Hall–Kier alpha value is -1.25. The van der Waals surface area contributed by atoms with E-state index in [4.69, 9.17) is 21.6 Å². The van der Waals surface area contributed by atoms with Crippen LogP contribution in [-0.2, 0) is 11.2 Å². The van der Waals surface area contributed by atoms with Crippen molar-refractivity contribution >= 4 is 29.0 Å². The van der Waals surface area contributed by atoms with Crippen LogP contribution in [0.4, 0.5) is 4.79 Å². The first-order valence-corrected chi connectivity index (χ1v) is 7.48. The molecule has 1 saturated heterocycles. The Morgan fingerprint density at radius 1 is 1.63 bits per heavy atom. The molecule has 2 unspecified atom stereocenters. The lowest BCUT2D eigenvalue weighted by Gasteiger charge is -2.16. The van der Waals surface area contributed by atoms with E-state index >= 15 is 0 Å². The van der Waals surface area contributed by atoms with Crippen LogP contribution < -0.4 is 0 Å². The summed E-state index contributed by atoms with van der Waals surface area (Å²) in [6.45, 7) is 3.61. The van der Waals surface area contributed by atoms with E-state index in [0.29, 0.717) is 41.4 Å². The molecule has 0 bridgehead atoms. The molecule has 1 aromatic heterocycles. The van der Waals surface area contributed by atoms with Gasteiger partial charge in [-0.3, -0.25) is 0 Å².